The molecule has 2 N–H and O–H groups in total. The Morgan fingerprint density at radius 1 is 0.963 bits per heavy atom. The van der Waals surface area contributed by atoms with Crippen LogP contribution in [-0.4, -0.2) is 11.7 Å². The second-order valence-electron chi connectivity index (χ2n) is 5.64. The number of hydrogen-bond donors (Lipinski definition) is 2. The fraction of sp³-hybridized carbons (Fsp3) is 0.150. The first-order valence-corrected chi connectivity index (χ1v) is 10.1. The van der Waals surface area contributed by atoms with Crippen molar-refractivity contribution in [1.82, 2.24) is 4.98 Å². The van der Waals surface area contributed by atoms with Gasteiger partial charge in [-0.15, -0.1) is 6.54 Å². The molecule has 0 atom stereocenters. The number of aromatic nitrogens is 1. The summed E-state index contributed by atoms with van der Waals surface area (Å²) in [6.07, 6.45) is 3.62. The van der Waals surface area contributed by atoms with Crippen LogP contribution in [0.25, 0.3) is 5.32 Å². The molecule has 4 nitrogen and oxygen atoms in total. The Balaban J connectivity index is 0.00000261. The number of hydrogen-bond acceptors (Lipinski definition) is 4. The summed E-state index contributed by atoms with van der Waals surface area (Å²) < 4.78 is 4.52. The van der Waals surface area contributed by atoms with Gasteiger partial charge in [0.25, 0.3) is 0 Å². The van der Waals surface area contributed by atoms with Crippen LogP contribution < -0.4 is 61.4 Å². The summed E-state index contributed by atoms with van der Waals surface area (Å²) in [7, 11) is 0. The van der Waals surface area contributed by atoms with Crippen LogP contribution in [0, 0.1) is 0 Å². The van der Waals surface area contributed by atoms with E-state index < -0.39 is 0 Å². The van der Waals surface area contributed by atoms with Crippen molar-refractivity contribution in [2.45, 2.75) is 12.3 Å². The third kappa shape index (κ3) is 8.25. The Kier molecular flexibility index (Phi) is 11.0. The van der Waals surface area contributed by atoms with Crippen molar-refractivity contribution in [2.75, 3.05) is 16.7 Å². The van der Waals surface area contributed by atoms with E-state index in [2.05, 4.69) is 78.7 Å². The van der Waals surface area contributed by atoms with Crippen LogP contribution in [0.1, 0.15) is 11.1 Å². The molecular formula is C20H20BrKN4S. The number of nitrogens with zero attached hydrogens (tertiary/aromatic N) is 2. The van der Waals surface area contributed by atoms with Gasteiger partial charge in [0.05, 0.1) is 0 Å². The maximum Gasteiger partial charge on any atom is 1.00 e. The first kappa shape index (κ1) is 22.9. The van der Waals surface area contributed by atoms with Gasteiger partial charge < -0.3 is 15.4 Å². The molecule has 0 aliphatic heterocycles. The number of halogens is 1. The summed E-state index contributed by atoms with van der Waals surface area (Å²) in [5.41, 5.74) is 4.54. The van der Waals surface area contributed by atoms with E-state index in [0.29, 0.717) is 13.2 Å². The normalized spacial score (nSPS) is 10.1. The predicted octanol–water partition coefficient (Wildman–Crippen LogP) is 3.05. The zero-order valence-electron chi connectivity index (χ0n) is 15.2. The zero-order chi connectivity index (χ0) is 18.0. The van der Waals surface area contributed by atoms with E-state index in [1.54, 1.807) is 18.1 Å². The molecule has 0 fully saturated rings. The van der Waals surface area contributed by atoms with Gasteiger partial charge in [-0.05, 0) is 53.9 Å². The maximum atomic E-state index is 4.48. The molecule has 0 bridgehead atoms. The van der Waals surface area contributed by atoms with E-state index in [1.165, 1.54) is 5.56 Å². The summed E-state index contributed by atoms with van der Waals surface area (Å²) in [5.74, 6) is 0.897. The fourth-order valence-electron chi connectivity index (χ4n) is 2.29. The van der Waals surface area contributed by atoms with Crippen LogP contribution in [0.3, 0.4) is 0 Å². The molecule has 0 aliphatic rings. The van der Waals surface area contributed by atoms with Crippen molar-refractivity contribution in [2.24, 2.45) is 0 Å². The quantitative estimate of drug-likeness (QED) is 0.289. The number of rotatable bonds is 9. The molecule has 1 heterocycles. The third-order valence-corrected chi connectivity index (χ3v) is 5.28. The standard InChI is InChI=1S/C20H20BrN4S.K/c21-20-6-2-1-5-17(20)14-26-25-19-9-7-18(8-10-19)24-15-23-13-16-4-3-11-22-12-16;/h1-12,24-25H,13-15H2;/q-1;+1. The summed E-state index contributed by atoms with van der Waals surface area (Å²) >= 11 is 5.25. The zero-order valence-corrected chi connectivity index (χ0v) is 20.8. The Labute approximate surface area is 216 Å². The van der Waals surface area contributed by atoms with Crippen LogP contribution in [0.15, 0.2) is 77.5 Å². The molecule has 7 heteroatoms. The first-order chi connectivity index (χ1) is 12.8. The Morgan fingerprint density at radius 3 is 2.48 bits per heavy atom. The number of anilines is 2. The molecule has 0 aliphatic carbocycles. The Bertz CT molecular complexity index is 803. The van der Waals surface area contributed by atoms with Crippen molar-refractivity contribution < 1.29 is 51.4 Å². The average molecular weight is 467 g/mol. The van der Waals surface area contributed by atoms with E-state index in [0.717, 1.165) is 27.2 Å². The molecule has 0 unspecified atom stereocenters. The molecule has 1 aromatic heterocycles. The van der Waals surface area contributed by atoms with Crippen LogP contribution in [0.4, 0.5) is 11.4 Å². The smallest absolute Gasteiger partial charge is 0.641 e. The van der Waals surface area contributed by atoms with Crippen molar-refractivity contribution >= 4 is 39.3 Å². The second kappa shape index (κ2) is 13.0. The largest absolute Gasteiger partial charge is 1.00 e. The van der Waals surface area contributed by atoms with Gasteiger partial charge in [0.15, 0.2) is 0 Å². The van der Waals surface area contributed by atoms with Gasteiger partial charge >= 0.3 is 51.4 Å². The van der Waals surface area contributed by atoms with Gasteiger partial charge in [-0.1, -0.05) is 52.4 Å². The SMILES string of the molecule is Brc1ccccc1CSNc1ccc(NC[N-]Cc2cccnc2)cc1.[K+]. The van der Waals surface area contributed by atoms with Crippen molar-refractivity contribution in [3.05, 3.63) is 94.0 Å². The summed E-state index contributed by atoms with van der Waals surface area (Å²) in [6.45, 7) is 1.25. The molecule has 0 radical (unpaired) electrons. The van der Waals surface area contributed by atoms with Crippen LogP contribution in [0.2, 0.25) is 0 Å². The summed E-state index contributed by atoms with van der Waals surface area (Å²) in [5, 5.41) is 7.78. The van der Waals surface area contributed by atoms with Crippen molar-refractivity contribution in [1.29, 1.82) is 0 Å². The van der Waals surface area contributed by atoms with Crippen molar-refractivity contribution in [3.8, 4) is 0 Å². The summed E-state index contributed by atoms with van der Waals surface area (Å²) in [6, 6.07) is 20.5. The minimum atomic E-state index is 0. The molecule has 27 heavy (non-hydrogen) atoms. The van der Waals surface area contributed by atoms with Gasteiger partial charge in [0, 0.05) is 34.0 Å². The van der Waals surface area contributed by atoms with Crippen molar-refractivity contribution in [3.63, 3.8) is 0 Å². The minimum absolute atomic E-state index is 0. The van der Waals surface area contributed by atoms with E-state index in [1.807, 2.05) is 24.4 Å². The van der Waals surface area contributed by atoms with E-state index in [9.17, 15) is 0 Å². The van der Waals surface area contributed by atoms with Crippen LogP contribution in [0.5, 0.6) is 0 Å². The van der Waals surface area contributed by atoms with Crippen LogP contribution >= 0.6 is 27.9 Å². The fourth-order valence-corrected chi connectivity index (χ4v) is 3.69. The van der Waals surface area contributed by atoms with E-state index in [-0.39, 0.29) is 51.4 Å². The molecule has 0 saturated carbocycles. The van der Waals surface area contributed by atoms with E-state index in [4.69, 9.17) is 0 Å². The predicted molar refractivity (Wildman–Crippen MR) is 115 cm³/mol. The minimum Gasteiger partial charge on any atom is -0.641 e. The number of nitrogens with one attached hydrogen (secondary N) is 2. The number of benzene rings is 2. The topological polar surface area (TPSA) is 51.0 Å². The molecular weight excluding hydrogens is 447 g/mol. The molecule has 0 spiro atoms. The molecule has 0 amide bonds. The average Bonchev–Trinajstić information content (AvgIpc) is 2.69. The number of pyridine rings is 1. The van der Waals surface area contributed by atoms with Gasteiger partial charge in [0.2, 0.25) is 0 Å². The third-order valence-electron chi connectivity index (χ3n) is 3.67. The first-order valence-electron chi connectivity index (χ1n) is 8.28. The maximum absolute atomic E-state index is 4.48. The molecule has 2 aromatic carbocycles. The van der Waals surface area contributed by atoms with Gasteiger partial charge in [-0.25, -0.2) is 0 Å². The molecule has 3 aromatic rings. The molecule has 0 saturated heterocycles. The van der Waals surface area contributed by atoms with E-state index >= 15 is 0 Å². The van der Waals surface area contributed by atoms with Gasteiger partial charge in [0.1, 0.15) is 0 Å². The Hall–Kier alpha value is -0.384. The summed E-state index contributed by atoms with van der Waals surface area (Å²) in [4.78, 5) is 4.09. The monoisotopic (exact) mass is 466 g/mol. The van der Waals surface area contributed by atoms with Crippen LogP contribution in [-0.2, 0) is 12.3 Å². The Morgan fingerprint density at radius 2 is 1.74 bits per heavy atom. The molecule has 134 valence electrons. The molecule has 3 rings (SSSR count). The second-order valence-corrected chi connectivity index (χ2v) is 7.27. The van der Waals surface area contributed by atoms with Gasteiger partial charge in [-0.2, -0.15) is 0 Å². The van der Waals surface area contributed by atoms with Gasteiger partial charge in [-0.3, -0.25) is 4.98 Å².